The topological polar surface area (TPSA) is 52.2 Å². The number of carbonyl (C=O) groups is 1. The Kier molecular flexibility index (Phi) is 4.14. The number of amides is 1. The molecule has 0 unspecified atom stereocenters. The monoisotopic (exact) mass is 380 g/mol. The van der Waals surface area contributed by atoms with Crippen LogP contribution in [0.4, 0.5) is 0 Å². The first kappa shape index (κ1) is 17.3. The van der Waals surface area contributed by atoms with Gasteiger partial charge in [-0.3, -0.25) is 14.8 Å². The number of hydrogen-bond acceptors (Lipinski definition) is 3. The van der Waals surface area contributed by atoms with E-state index in [2.05, 4.69) is 26.1 Å². The first-order valence-corrected chi connectivity index (χ1v) is 11.6. The summed E-state index contributed by atoms with van der Waals surface area (Å²) in [6.45, 7) is 3.34. The zero-order valence-corrected chi connectivity index (χ0v) is 16.8. The van der Waals surface area contributed by atoms with E-state index in [1.807, 2.05) is 0 Å². The summed E-state index contributed by atoms with van der Waals surface area (Å²) in [5, 5.41) is 7.69. The van der Waals surface area contributed by atoms with Crippen LogP contribution >= 0.6 is 0 Å². The fourth-order valence-electron chi connectivity index (χ4n) is 7.00. The summed E-state index contributed by atoms with van der Waals surface area (Å²) < 4.78 is 0. The molecule has 0 radical (unpaired) electrons. The van der Waals surface area contributed by atoms with Crippen LogP contribution in [0.3, 0.4) is 0 Å². The lowest BCUT2D eigenvalue weighted by atomic mass is 9.68. The van der Waals surface area contributed by atoms with Crippen molar-refractivity contribution in [2.75, 3.05) is 19.6 Å². The van der Waals surface area contributed by atoms with Crippen molar-refractivity contribution in [3.05, 3.63) is 28.6 Å². The van der Waals surface area contributed by atoms with Crippen molar-refractivity contribution in [3.8, 4) is 0 Å². The van der Waals surface area contributed by atoms with Crippen LogP contribution in [0.25, 0.3) is 0 Å². The van der Waals surface area contributed by atoms with E-state index >= 15 is 0 Å². The molecular weight excluding hydrogens is 348 g/mol. The molecule has 1 aromatic heterocycles. The van der Waals surface area contributed by atoms with Gasteiger partial charge >= 0.3 is 0 Å². The van der Waals surface area contributed by atoms with E-state index in [9.17, 15) is 4.79 Å². The van der Waals surface area contributed by atoms with Crippen LogP contribution < -0.4 is 0 Å². The third-order valence-electron chi connectivity index (χ3n) is 8.18. The minimum atomic E-state index is 0.189. The number of rotatable bonds is 1. The average molecular weight is 381 g/mol. The zero-order valence-electron chi connectivity index (χ0n) is 16.8. The van der Waals surface area contributed by atoms with Crippen molar-refractivity contribution < 1.29 is 4.79 Å². The number of carbonyl (C=O) groups excluding carboxylic acids is 1. The fraction of sp³-hybridized carbons (Fsp3) is 0.739. The number of piperidine rings is 3. The molecule has 3 saturated heterocycles. The van der Waals surface area contributed by atoms with Gasteiger partial charge in [0.2, 0.25) is 0 Å². The van der Waals surface area contributed by atoms with Gasteiger partial charge in [0.05, 0.1) is 6.04 Å². The zero-order chi connectivity index (χ0) is 18.7. The predicted molar refractivity (Wildman–Crippen MR) is 108 cm³/mol. The van der Waals surface area contributed by atoms with Gasteiger partial charge in [0.25, 0.3) is 5.91 Å². The SMILES string of the molecule is O=C(c1n[nH]c2c1CCCC2)N1CCCC2=C[C@H]3C[C@H](CN4CCCC[C@@H]34)[C@@H]21. The first-order valence-electron chi connectivity index (χ1n) is 11.6. The highest BCUT2D eigenvalue weighted by atomic mass is 16.2. The molecule has 5 aliphatic rings. The highest BCUT2D eigenvalue weighted by molar-refractivity contribution is 5.94. The normalized spacial score (nSPS) is 34.9. The lowest BCUT2D eigenvalue weighted by Gasteiger charge is -2.54. The second-order valence-electron chi connectivity index (χ2n) is 9.74. The van der Waals surface area contributed by atoms with E-state index in [0.29, 0.717) is 12.0 Å². The highest BCUT2D eigenvalue weighted by Crippen LogP contribution is 2.45. The molecule has 0 aromatic carbocycles. The lowest BCUT2D eigenvalue weighted by Crippen LogP contribution is -2.60. The molecular formula is C23H32N4O. The summed E-state index contributed by atoms with van der Waals surface area (Å²) >= 11 is 0. The molecule has 3 fully saturated rings. The molecule has 0 spiro atoms. The molecule has 0 saturated carbocycles. The number of aromatic nitrogens is 2. The fourth-order valence-corrected chi connectivity index (χ4v) is 7.00. The van der Waals surface area contributed by atoms with Crippen molar-refractivity contribution >= 4 is 5.91 Å². The van der Waals surface area contributed by atoms with Crippen LogP contribution in [-0.2, 0) is 12.8 Å². The van der Waals surface area contributed by atoms with E-state index in [1.54, 1.807) is 5.57 Å². The molecule has 5 heteroatoms. The van der Waals surface area contributed by atoms with Gasteiger partial charge in [-0.2, -0.15) is 5.10 Å². The van der Waals surface area contributed by atoms with Crippen LogP contribution in [-0.4, -0.2) is 57.6 Å². The number of nitrogens with zero attached hydrogens (tertiary/aromatic N) is 3. The number of hydrogen-bond donors (Lipinski definition) is 1. The molecule has 1 N–H and O–H groups in total. The molecule has 150 valence electrons. The van der Waals surface area contributed by atoms with Crippen LogP contribution in [0, 0.1) is 11.8 Å². The number of aromatic amines is 1. The van der Waals surface area contributed by atoms with Gasteiger partial charge in [-0.15, -0.1) is 0 Å². The molecule has 28 heavy (non-hydrogen) atoms. The second kappa shape index (κ2) is 6.72. The Balaban J connectivity index is 1.32. The third kappa shape index (κ3) is 2.62. The Morgan fingerprint density at radius 3 is 2.96 bits per heavy atom. The van der Waals surface area contributed by atoms with Crippen molar-refractivity contribution in [1.29, 1.82) is 0 Å². The van der Waals surface area contributed by atoms with Crippen LogP contribution in [0.15, 0.2) is 11.6 Å². The smallest absolute Gasteiger partial charge is 0.275 e. The summed E-state index contributed by atoms with van der Waals surface area (Å²) in [6, 6.07) is 1.08. The maximum atomic E-state index is 13.6. The van der Waals surface area contributed by atoms with Crippen LogP contribution in [0.5, 0.6) is 0 Å². The van der Waals surface area contributed by atoms with E-state index < -0.39 is 0 Å². The van der Waals surface area contributed by atoms with Gasteiger partial charge in [-0.25, -0.2) is 0 Å². The van der Waals surface area contributed by atoms with Gasteiger partial charge in [-0.1, -0.05) is 18.1 Å². The third-order valence-corrected chi connectivity index (χ3v) is 8.18. The maximum absolute atomic E-state index is 13.6. The number of fused-ring (bicyclic) bond motifs is 7. The number of nitrogens with one attached hydrogen (secondary N) is 1. The molecule has 4 atom stereocenters. The maximum Gasteiger partial charge on any atom is 0.275 e. The molecule has 3 aliphatic heterocycles. The van der Waals surface area contributed by atoms with Crippen molar-refractivity contribution in [3.63, 3.8) is 0 Å². The second-order valence-corrected chi connectivity index (χ2v) is 9.74. The van der Waals surface area contributed by atoms with Gasteiger partial charge < -0.3 is 4.90 Å². The van der Waals surface area contributed by atoms with E-state index in [1.165, 1.54) is 69.3 Å². The Morgan fingerprint density at radius 1 is 1.07 bits per heavy atom. The quantitative estimate of drug-likeness (QED) is 0.761. The summed E-state index contributed by atoms with van der Waals surface area (Å²) in [7, 11) is 0. The highest BCUT2D eigenvalue weighted by Gasteiger charge is 2.47. The molecule has 2 bridgehead atoms. The van der Waals surface area contributed by atoms with Gasteiger partial charge in [-0.05, 0) is 76.2 Å². The van der Waals surface area contributed by atoms with Crippen LogP contribution in [0.1, 0.15) is 73.1 Å². The lowest BCUT2D eigenvalue weighted by molar-refractivity contribution is 0.00128. The summed E-state index contributed by atoms with van der Waals surface area (Å²) in [4.78, 5) is 18.6. The van der Waals surface area contributed by atoms with Crippen molar-refractivity contribution in [2.24, 2.45) is 11.8 Å². The Morgan fingerprint density at radius 2 is 2.00 bits per heavy atom. The molecule has 5 nitrogen and oxygen atoms in total. The van der Waals surface area contributed by atoms with Gasteiger partial charge in [0, 0.05) is 30.4 Å². The molecule has 1 aromatic rings. The molecule has 6 rings (SSSR count). The number of H-pyrrole nitrogens is 1. The molecule has 2 aliphatic carbocycles. The summed E-state index contributed by atoms with van der Waals surface area (Å²) in [5.74, 6) is 1.52. The van der Waals surface area contributed by atoms with Gasteiger partial charge in [0.15, 0.2) is 5.69 Å². The molecule has 4 heterocycles. The van der Waals surface area contributed by atoms with E-state index in [-0.39, 0.29) is 5.91 Å². The molecule has 1 amide bonds. The average Bonchev–Trinajstić information content (AvgIpc) is 3.17. The number of aryl methyl sites for hydroxylation is 1. The van der Waals surface area contributed by atoms with Gasteiger partial charge in [0.1, 0.15) is 0 Å². The van der Waals surface area contributed by atoms with E-state index in [4.69, 9.17) is 0 Å². The van der Waals surface area contributed by atoms with Crippen LogP contribution in [0.2, 0.25) is 0 Å². The Bertz CT molecular complexity index is 812. The Hall–Kier alpha value is -1.62. The van der Waals surface area contributed by atoms with Crippen molar-refractivity contribution in [1.82, 2.24) is 20.0 Å². The Labute approximate surface area is 167 Å². The standard InChI is InChI=1S/C23H32N4O/c28-23(21-18-7-1-2-8-19(18)24-25-21)27-11-5-6-15-12-16-13-17(22(15)27)14-26-10-4-3-9-20(16)26/h12,16-17,20,22H,1-11,13-14H2,(H,24,25)/t16-,17+,20-,22+/m0/s1. The predicted octanol–water partition coefficient (Wildman–Crippen LogP) is 3.32. The minimum Gasteiger partial charge on any atom is -0.330 e. The van der Waals surface area contributed by atoms with Crippen molar-refractivity contribution in [2.45, 2.75) is 76.3 Å². The summed E-state index contributed by atoms with van der Waals surface area (Å²) in [6.07, 6.45) is 14.7. The van der Waals surface area contributed by atoms with E-state index in [0.717, 1.165) is 43.5 Å². The number of likely N-dealkylation sites (tertiary alicyclic amines) is 1. The largest absolute Gasteiger partial charge is 0.330 e. The summed E-state index contributed by atoms with van der Waals surface area (Å²) in [5.41, 5.74) is 4.71. The minimum absolute atomic E-state index is 0.189. The first-order chi connectivity index (χ1) is 13.8.